The van der Waals surface area contributed by atoms with Gasteiger partial charge in [0.25, 0.3) is 0 Å². The zero-order valence-electron chi connectivity index (χ0n) is 11.8. The van der Waals surface area contributed by atoms with Gasteiger partial charge < -0.3 is 0 Å². The summed E-state index contributed by atoms with van der Waals surface area (Å²) in [6.07, 6.45) is 3.69. The van der Waals surface area contributed by atoms with Gasteiger partial charge in [0.1, 0.15) is 0 Å². The maximum absolute atomic E-state index is 11.9. The van der Waals surface area contributed by atoms with Gasteiger partial charge in [0.2, 0.25) is 10.0 Å². The molecule has 2 saturated heterocycles. The molecule has 0 N–H and O–H groups in total. The van der Waals surface area contributed by atoms with E-state index in [1.165, 1.54) is 5.56 Å². The molecule has 3 heterocycles. The normalized spacial score (nSPS) is 27.9. The Kier molecular flexibility index (Phi) is 3.79. The van der Waals surface area contributed by atoms with E-state index in [2.05, 4.69) is 16.0 Å². The predicted molar refractivity (Wildman–Crippen MR) is 77.5 cm³/mol. The Morgan fingerprint density at radius 1 is 1.25 bits per heavy atom. The Morgan fingerprint density at radius 3 is 2.50 bits per heavy atom. The van der Waals surface area contributed by atoms with Crippen LogP contribution < -0.4 is 0 Å². The van der Waals surface area contributed by atoms with Crippen molar-refractivity contribution in [3.8, 4) is 0 Å². The van der Waals surface area contributed by atoms with Crippen LogP contribution >= 0.6 is 0 Å². The van der Waals surface area contributed by atoms with Gasteiger partial charge in [-0.05, 0) is 30.4 Å². The molecule has 20 heavy (non-hydrogen) atoms. The quantitative estimate of drug-likeness (QED) is 0.824. The summed E-state index contributed by atoms with van der Waals surface area (Å²) in [4.78, 5) is 6.56. The van der Waals surface area contributed by atoms with Crippen LogP contribution in [0.3, 0.4) is 0 Å². The molecule has 3 rings (SSSR count). The lowest BCUT2D eigenvalue weighted by molar-refractivity contribution is 0.289. The van der Waals surface area contributed by atoms with Crippen LogP contribution in [0.25, 0.3) is 0 Å². The molecular weight excluding hydrogens is 274 g/mol. The van der Waals surface area contributed by atoms with Crippen molar-refractivity contribution in [2.45, 2.75) is 13.5 Å². The van der Waals surface area contributed by atoms with Crippen LogP contribution in [0.1, 0.15) is 12.5 Å². The molecule has 110 valence electrons. The first-order valence-electron chi connectivity index (χ1n) is 7.17. The Bertz CT molecular complexity index is 547. The number of fused-ring (bicyclic) bond motifs is 1. The maximum Gasteiger partial charge on any atom is 0.213 e. The number of aromatic nitrogens is 1. The minimum absolute atomic E-state index is 0.214. The summed E-state index contributed by atoms with van der Waals surface area (Å²) >= 11 is 0. The van der Waals surface area contributed by atoms with Crippen molar-refractivity contribution in [1.82, 2.24) is 14.2 Å². The number of likely N-dealkylation sites (tertiary alicyclic amines) is 1. The van der Waals surface area contributed by atoms with Crippen molar-refractivity contribution < 1.29 is 8.42 Å². The Hall–Kier alpha value is -0.980. The van der Waals surface area contributed by atoms with E-state index < -0.39 is 10.0 Å². The lowest BCUT2D eigenvalue weighted by Gasteiger charge is -2.20. The third-order valence-electron chi connectivity index (χ3n) is 4.42. The first-order valence-corrected chi connectivity index (χ1v) is 8.78. The number of sulfonamides is 1. The van der Waals surface area contributed by atoms with Gasteiger partial charge in [-0.25, -0.2) is 12.7 Å². The van der Waals surface area contributed by atoms with E-state index in [1.54, 1.807) is 17.4 Å². The highest BCUT2D eigenvalue weighted by atomic mass is 32.2. The van der Waals surface area contributed by atoms with Crippen molar-refractivity contribution in [2.75, 3.05) is 31.9 Å². The molecule has 2 aliphatic rings. The molecule has 2 aliphatic heterocycles. The second-order valence-electron chi connectivity index (χ2n) is 5.79. The van der Waals surface area contributed by atoms with Gasteiger partial charge >= 0.3 is 0 Å². The third-order valence-corrected chi connectivity index (χ3v) is 6.23. The van der Waals surface area contributed by atoms with E-state index in [0.717, 1.165) is 19.6 Å². The molecular formula is C14H21N3O2S. The van der Waals surface area contributed by atoms with Crippen LogP contribution in [0, 0.1) is 11.8 Å². The van der Waals surface area contributed by atoms with E-state index in [9.17, 15) is 8.42 Å². The standard InChI is InChI=1S/C14H21N3O2S/c1-2-20(18,19)17-10-13-8-16(9-14(13)11-17)7-12-4-3-5-15-6-12/h3-6,13-14H,2,7-11H2,1H3/t13-,14-/m0/s1. The van der Waals surface area contributed by atoms with Crippen molar-refractivity contribution in [3.63, 3.8) is 0 Å². The van der Waals surface area contributed by atoms with Crippen LogP contribution in [0.2, 0.25) is 0 Å². The second kappa shape index (κ2) is 5.42. The highest BCUT2D eigenvalue weighted by Crippen LogP contribution is 2.33. The van der Waals surface area contributed by atoms with Crippen molar-refractivity contribution in [3.05, 3.63) is 30.1 Å². The molecule has 2 fully saturated rings. The van der Waals surface area contributed by atoms with Crippen LogP contribution in [0.5, 0.6) is 0 Å². The number of nitrogens with zero attached hydrogens (tertiary/aromatic N) is 3. The SMILES string of the molecule is CCS(=O)(=O)N1C[C@@H]2CN(Cc3cccnc3)C[C@H]2C1. The molecule has 0 spiro atoms. The highest BCUT2D eigenvalue weighted by Gasteiger charge is 2.43. The zero-order valence-corrected chi connectivity index (χ0v) is 12.6. The molecule has 0 aliphatic carbocycles. The molecule has 0 saturated carbocycles. The average Bonchev–Trinajstić information content (AvgIpc) is 2.98. The second-order valence-corrected chi connectivity index (χ2v) is 8.05. The van der Waals surface area contributed by atoms with E-state index in [1.807, 2.05) is 12.3 Å². The minimum Gasteiger partial charge on any atom is -0.298 e. The summed E-state index contributed by atoms with van der Waals surface area (Å²) in [6, 6.07) is 4.05. The number of pyridine rings is 1. The Labute approximate surface area is 120 Å². The van der Waals surface area contributed by atoms with Gasteiger partial charge in [-0.1, -0.05) is 6.07 Å². The van der Waals surface area contributed by atoms with Crippen molar-refractivity contribution in [1.29, 1.82) is 0 Å². The molecule has 0 amide bonds. The fraction of sp³-hybridized carbons (Fsp3) is 0.643. The van der Waals surface area contributed by atoms with Gasteiger partial charge in [0.05, 0.1) is 5.75 Å². The summed E-state index contributed by atoms with van der Waals surface area (Å²) in [5, 5.41) is 0. The predicted octanol–water partition coefficient (Wildman–Crippen LogP) is 0.795. The largest absolute Gasteiger partial charge is 0.298 e. The van der Waals surface area contributed by atoms with Gasteiger partial charge in [0, 0.05) is 45.1 Å². The molecule has 1 aromatic rings. The number of hydrogen-bond acceptors (Lipinski definition) is 4. The average molecular weight is 295 g/mol. The minimum atomic E-state index is -3.01. The van der Waals surface area contributed by atoms with Crippen LogP contribution in [0.4, 0.5) is 0 Å². The molecule has 5 nitrogen and oxygen atoms in total. The zero-order chi connectivity index (χ0) is 14.2. The summed E-state index contributed by atoms with van der Waals surface area (Å²) in [7, 11) is -3.01. The van der Waals surface area contributed by atoms with E-state index in [4.69, 9.17) is 0 Å². The summed E-state index contributed by atoms with van der Waals surface area (Å²) in [6.45, 7) is 6.03. The highest BCUT2D eigenvalue weighted by molar-refractivity contribution is 7.89. The molecule has 0 aromatic carbocycles. The number of rotatable bonds is 4. The molecule has 0 radical (unpaired) electrons. The van der Waals surface area contributed by atoms with Gasteiger partial charge in [-0.2, -0.15) is 0 Å². The first-order chi connectivity index (χ1) is 9.58. The van der Waals surface area contributed by atoms with Crippen LogP contribution in [-0.4, -0.2) is 54.5 Å². The van der Waals surface area contributed by atoms with E-state index in [-0.39, 0.29) is 5.75 Å². The van der Waals surface area contributed by atoms with E-state index >= 15 is 0 Å². The third kappa shape index (κ3) is 2.73. The molecule has 0 unspecified atom stereocenters. The smallest absolute Gasteiger partial charge is 0.213 e. The van der Waals surface area contributed by atoms with Gasteiger partial charge in [0.15, 0.2) is 0 Å². The Morgan fingerprint density at radius 2 is 1.95 bits per heavy atom. The molecule has 6 heteroatoms. The number of hydrogen-bond donors (Lipinski definition) is 0. The topological polar surface area (TPSA) is 53.5 Å². The maximum atomic E-state index is 11.9. The molecule has 2 atom stereocenters. The van der Waals surface area contributed by atoms with Crippen LogP contribution in [0.15, 0.2) is 24.5 Å². The first kappa shape index (κ1) is 14.0. The monoisotopic (exact) mass is 295 g/mol. The van der Waals surface area contributed by atoms with Gasteiger partial charge in [-0.15, -0.1) is 0 Å². The molecule has 0 bridgehead atoms. The summed E-state index contributed by atoms with van der Waals surface area (Å²) in [5.41, 5.74) is 1.23. The fourth-order valence-corrected chi connectivity index (χ4v) is 4.54. The van der Waals surface area contributed by atoms with Crippen molar-refractivity contribution in [2.24, 2.45) is 11.8 Å². The lowest BCUT2D eigenvalue weighted by atomic mass is 10.0. The summed E-state index contributed by atoms with van der Waals surface area (Å²) < 4.78 is 25.5. The Balaban J connectivity index is 1.59. The molecule has 1 aromatic heterocycles. The van der Waals surface area contributed by atoms with Gasteiger partial charge in [-0.3, -0.25) is 9.88 Å². The fourth-order valence-electron chi connectivity index (χ4n) is 3.34. The lowest BCUT2D eigenvalue weighted by Crippen LogP contribution is -2.34. The summed E-state index contributed by atoms with van der Waals surface area (Å²) in [5.74, 6) is 1.20. The van der Waals surface area contributed by atoms with Crippen molar-refractivity contribution >= 4 is 10.0 Å². The van der Waals surface area contributed by atoms with E-state index in [0.29, 0.717) is 24.9 Å². The van der Waals surface area contributed by atoms with Crippen LogP contribution in [-0.2, 0) is 16.6 Å².